The summed E-state index contributed by atoms with van der Waals surface area (Å²) in [5.41, 5.74) is 3.90. The van der Waals surface area contributed by atoms with Gasteiger partial charge >= 0.3 is 0 Å². The molecule has 0 bridgehead atoms. The molecule has 7 heteroatoms. The van der Waals surface area contributed by atoms with Gasteiger partial charge in [0.2, 0.25) is 0 Å². The Morgan fingerprint density at radius 2 is 2.15 bits per heavy atom. The zero-order valence-electron chi connectivity index (χ0n) is 15.2. The second-order valence-corrected chi connectivity index (χ2v) is 7.69. The molecule has 0 radical (unpaired) electrons. The Bertz CT molecular complexity index is 1030. The van der Waals surface area contributed by atoms with Gasteiger partial charge in [-0.05, 0) is 43.5 Å². The van der Waals surface area contributed by atoms with E-state index in [1.807, 2.05) is 13.0 Å². The highest BCUT2D eigenvalue weighted by Gasteiger charge is 2.48. The topological polar surface area (TPSA) is 77.1 Å². The van der Waals surface area contributed by atoms with Crippen LogP contribution in [0.25, 0.3) is 22.3 Å². The lowest BCUT2D eigenvalue weighted by Crippen LogP contribution is -2.52. The van der Waals surface area contributed by atoms with Crippen LogP contribution in [-0.2, 0) is 6.54 Å². The highest BCUT2D eigenvalue weighted by atomic mass is 19.1. The van der Waals surface area contributed by atoms with Gasteiger partial charge in [0, 0.05) is 48.7 Å². The number of phenolic OH excluding ortho intramolecular Hbond substituents is 1. The summed E-state index contributed by atoms with van der Waals surface area (Å²) >= 11 is 0. The van der Waals surface area contributed by atoms with Crippen LogP contribution in [0, 0.1) is 12.7 Å². The molecule has 1 aromatic carbocycles. The van der Waals surface area contributed by atoms with Crippen molar-refractivity contribution >= 4 is 11.0 Å². The summed E-state index contributed by atoms with van der Waals surface area (Å²) in [5.74, 6) is -0.573. The van der Waals surface area contributed by atoms with Crippen molar-refractivity contribution < 1.29 is 9.50 Å². The molecule has 1 saturated carbocycles. The Labute approximate surface area is 156 Å². The molecule has 2 fully saturated rings. The van der Waals surface area contributed by atoms with Gasteiger partial charge in [-0.2, -0.15) is 5.10 Å². The summed E-state index contributed by atoms with van der Waals surface area (Å²) in [6.07, 6.45) is 2.44. The molecular weight excluding hydrogens is 345 g/mol. The highest BCUT2D eigenvalue weighted by molar-refractivity contribution is 5.84. The number of halogens is 1. The number of nitrogens with one attached hydrogen (secondary N) is 2. The monoisotopic (exact) mass is 367 g/mol. The molecule has 27 heavy (non-hydrogen) atoms. The molecule has 1 aliphatic carbocycles. The fourth-order valence-electron chi connectivity index (χ4n) is 4.22. The smallest absolute Gasteiger partial charge is 0.156 e. The van der Waals surface area contributed by atoms with Gasteiger partial charge in [0.15, 0.2) is 5.65 Å². The van der Waals surface area contributed by atoms with Crippen LogP contribution in [0.5, 0.6) is 5.75 Å². The average molecular weight is 367 g/mol. The number of rotatable bonds is 3. The second-order valence-electron chi connectivity index (χ2n) is 7.69. The van der Waals surface area contributed by atoms with Crippen molar-refractivity contribution in [3.8, 4) is 17.0 Å². The number of H-pyrrole nitrogens is 1. The molecule has 0 amide bonds. The molecule has 6 nitrogen and oxygen atoms in total. The van der Waals surface area contributed by atoms with Gasteiger partial charge in [-0.25, -0.2) is 9.37 Å². The molecule has 2 aromatic heterocycles. The van der Waals surface area contributed by atoms with E-state index in [0.29, 0.717) is 16.9 Å². The Hall–Kier alpha value is -2.51. The molecule has 5 rings (SSSR count). The molecule has 0 atom stereocenters. The minimum Gasteiger partial charge on any atom is -0.508 e. The number of nitrogens with zero attached hydrogens (tertiary/aromatic N) is 3. The van der Waals surface area contributed by atoms with E-state index in [1.54, 1.807) is 6.07 Å². The molecule has 2 aliphatic rings. The highest BCUT2D eigenvalue weighted by Crippen LogP contribution is 2.43. The molecule has 3 aromatic rings. The SMILES string of the molecule is Cc1n[nH]c2nc(-c3ccc(O)cc3F)cc(CN3CCNCC34CC4)c12. The van der Waals surface area contributed by atoms with Crippen LogP contribution in [-0.4, -0.2) is 50.4 Å². The predicted molar refractivity (Wildman–Crippen MR) is 101 cm³/mol. The van der Waals surface area contributed by atoms with Crippen LogP contribution in [0.2, 0.25) is 0 Å². The van der Waals surface area contributed by atoms with E-state index in [1.165, 1.54) is 18.9 Å². The third-order valence-electron chi connectivity index (χ3n) is 5.89. The first-order valence-electron chi connectivity index (χ1n) is 9.35. The van der Waals surface area contributed by atoms with Crippen molar-refractivity contribution in [3.05, 3.63) is 41.3 Å². The lowest BCUT2D eigenvalue weighted by Gasteiger charge is -2.37. The fraction of sp³-hybridized carbons (Fsp3) is 0.400. The summed E-state index contributed by atoms with van der Waals surface area (Å²) in [6, 6.07) is 6.14. The number of aromatic amines is 1. The number of aromatic nitrogens is 3. The number of piperazine rings is 1. The summed E-state index contributed by atoms with van der Waals surface area (Å²) in [7, 11) is 0. The minimum absolute atomic E-state index is 0.0913. The number of pyridine rings is 1. The molecule has 3 N–H and O–H groups in total. The van der Waals surface area contributed by atoms with Gasteiger partial charge < -0.3 is 10.4 Å². The maximum absolute atomic E-state index is 14.4. The zero-order chi connectivity index (χ0) is 18.6. The van der Waals surface area contributed by atoms with Crippen molar-refractivity contribution in [2.24, 2.45) is 0 Å². The van der Waals surface area contributed by atoms with Crippen LogP contribution in [0.4, 0.5) is 4.39 Å². The van der Waals surface area contributed by atoms with E-state index in [0.717, 1.165) is 48.9 Å². The first-order valence-corrected chi connectivity index (χ1v) is 9.35. The number of phenols is 1. The van der Waals surface area contributed by atoms with Gasteiger partial charge in [-0.3, -0.25) is 10.00 Å². The van der Waals surface area contributed by atoms with Crippen molar-refractivity contribution in [2.45, 2.75) is 31.8 Å². The van der Waals surface area contributed by atoms with Crippen molar-refractivity contribution in [1.82, 2.24) is 25.4 Å². The van der Waals surface area contributed by atoms with Crippen LogP contribution in [0.1, 0.15) is 24.1 Å². The number of hydrogen-bond acceptors (Lipinski definition) is 5. The Morgan fingerprint density at radius 1 is 1.30 bits per heavy atom. The lowest BCUT2D eigenvalue weighted by atomic mass is 10.0. The number of aryl methyl sites for hydroxylation is 1. The van der Waals surface area contributed by atoms with Gasteiger partial charge in [-0.1, -0.05) is 0 Å². The Balaban J connectivity index is 1.61. The van der Waals surface area contributed by atoms with E-state index in [-0.39, 0.29) is 11.3 Å². The first kappa shape index (κ1) is 16.6. The van der Waals surface area contributed by atoms with Crippen molar-refractivity contribution in [3.63, 3.8) is 0 Å². The van der Waals surface area contributed by atoms with Gasteiger partial charge in [0.25, 0.3) is 0 Å². The maximum atomic E-state index is 14.4. The Kier molecular flexibility index (Phi) is 3.70. The van der Waals surface area contributed by atoms with E-state index in [9.17, 15) is 9.50 Å². The number of fused-ring (bicyclic) bond motifs is 1. The molecule has 0 unspecified atom stereocenters. The molecule has 140 valence electrons. The van der Waals surface area contributed by atoms with Crippen molar-refractivity contribution in [2.75, 3.05) is 19.6 Å². The van der Waals surface area contributed by atoms with Crippen LogP contribution in [0.3, 0.4) is 0 Å². The van der Waals surface area contributed by atoms with Gasteiger partial charge in [0.05, 0.1) is 11.4 Å². The van der Waals surface area contributed by atoms with E-state index in [2.05, 4.69) is 25.4 Å². The van der Waals surface area contributed by atoms with Crippen molar-refractivity contribution in [1.29, 1.82) is 0 Å². The van der Waals surface area contributed by atoms with Crippen LogP contribution >= 0.6 is 0 Å². The largest absolute Gasteiger partial charge is 0.508 e. The molecule has 1 aliphatic heterocycles. The summed E-state index contributed by atoms with van der Waals surface area (Å²) in [4.78, 5) is 7.14. The molecule has 1 saturated heterocycles. The predicted octanol–water partition coefficient (Wildman–Crippen LogP) is 2.72. The van der Waals surface area contributed by atoms with E-state index < -0.39 is 5.82 Å². The molecular formula is C20H22FN5O. The minimum atomic E-state index is -0.482. The lowest BCUT2D eigenvalue weighted by molar-refractivity contribution is 0.135. The molecule has 1 spiro atoms. The first-order chi connectivity index (χ1) is 13.1. The summed E-state index contributed by atoms with van der Waals surface area (Å²) in [5, 5.41) is 21.3. The van der Waals surface area contributed by atoms with Gasteiger partial charge in [-0.15, -0.1) is 0 Å². The molecule has 3 heterocycles. The standard InChI is InChI=1S/C20H22FN5O/c1-12-18-13(10-26-7-6-22-11-20(26)4-5-20)8-17(23-19(18)25-24-12)15-3-2-14(27)9-16(15)21/h2-3,8-9,22,27H,4-7,10-11H2,1H3,(H,23,24,25). The zero-order valence-corrected chi connectivity index (χ0v) is 15.2. The third kappa shape index (κ3) is 2.78. The normalized spacial score (nSPS) is 19.0. The fourth-order valence-corrected chi connectivity index (χ4v) is 4.22. The number of benzene rings is 1. The van der Waals surface area contributed by atoms with E-state index >= 15 is 0 Å². The number of aromatic hydroxyl groups is 1. The quantitative estimate of drug-likeness (QED) is 0.664. The van der Waals surface area contributed by atoms with Crippen LogP contribution in [0.15, 0.2) is 24.3 Å². The summed E-state index contributed by atoms with van der Waals surface area (Å²) in [6.45, 7) is 5.79. The third-order valence-corrected chi connectivity index (χ3v) is 5.89. The average Bonchev–Trinajstić information content (AvgIpc) is 3.31. The second kappa shape index (κ2) is 6.00. The number of hydrogen-bond donors (Lipinski definition) is 3. The van der Waals surface area contributed by atoms with Gasteiger partial charge in [0.1, 0.15) is 11.6 Å². The summed E-state index contributed by atoms with van der Waals surface area (Å²) < 4.78 is 14.4. The van der Waals surface area contributed by atoms with Crippen LogP contribution < -0.4 is 5.32 Å². The van der Waals surface area contributed by atoms with E-state index in [4.69, 9.17) is 0 Å². The maximum Gasteiger partial charge on any atom is 0.156 e. The Morgan fingerprint density at radius 3 is 2.93 bits per heavy atom.